The molecule has 1 aromatic heterocycles. The highest BCUT2D eigenvalue weighted by Gasteiger charge is 2.22. The van der Waals surface area contributed by atoms with Crippen molar-refractivity contribution in [2.45, 2.75) is 45.1 Å². The van der Waals surface area contributed by atoms with E-state index in [9.17, 15) is 4.79 Å². The maximum absolute atomic E-state index is 12.2. The van der Waals surface area contributed by atoms with Crippen LogP contribution < -0.4 is 0 Å². The number of thiophene rings is 1. The van der Waals surface area contributed by atoms with E-state index in [4.69, 9.17) is 11.6 Å². The summed E-state index contributed by atoms with van der Waals surface area (Å²) in [6, 6.07) is 4.22. The lowest BCUT2D eigenvalue weighted by molar-refractivity contribution is 0.0894. The van der Waals surface area contributed by atoms with Gasteiger partial charge in [0.25, 0.3) is 0 Å². The van der Waals surface area contributed by atoms with Crippen molar-refractivity contribution < 1.29 is 4.79 Å². The summed E-state index contributed by atoms with van der Waals surface area (Å²) < 4.78 is 0.696. The van der Waals surface area contributed by atoms with Gasteiger partial charge in [-0.3, -0.25) is 9.69 Å². The van der Waals surface area contributed by atoms with Crippen molar-refractivity contribution in [3.05, 3.63) is 21.3 Å². The standard InChI is InChI=1S/C14H20ClNOS/c1-2-11-6-4-3-5-9-16(11)10-12(17)13-7-8-14(15)18-13/h7-8,11H,2-6,9-10H2,1H3. The molecule has 0 aliphatic carbocycles. The Morgan fingerprint density at radius 3 is 2.94 bits per heavy atom. The maximum Gasteiger partial charge on any atom is 0.186 e. The molecule has 2 heterocycles. The Balaban J connectivity index is 1.99. The Bertz CT molecular complexity index is 404. The van der Waals surface area contributed by atoms with Gasteiger partial charge in [-0.25, -0.2) is 0 Å². The largest absolute Gasteiger partial charge is 0.293 e. The van der Waals surface area contributed by atoms with E-state index in [0.717, 1.165) is 17.8 Å². The molecule has 18 heavy (non-hydrogen) atoms. The minimum absolute atomic E-state index is 0.215. The molecule has 1 unspecified atom stereocenters. The molecule has 0 aromatic carbocycles. The lowest BCUT2D eigenvalue weighted by Gasteiger charge is -2.28. The van der Waals surface area contributed by atoms with Crippen molar-refractivity contribution in [1.82, 2.24) is 4.90 Å². The Labute approximate surface area is 118 Å². The summed E-state index contributed by atoms with van der Waals surface area (Å²) in [5.74, 6) is 0.215. The highest BCUT2D eigenvalue weighted by Crippen LogP contribution is 2.24. The molecular weight excluding hydrogens is 266 g/mol. The first-order valence-electron chi connectivity index (χ1n) is 6.73. The van der Waals surface area contributed by atoms with Gasteiger partial charge < -0.3 is 0 Å². The van der Waals surface area contributed by atoms with Crippen molar-refractivity contribution >= 4 is 28.7 Å². The van der Waals surface area contributed by atoms with Gasteiger partial charge in [-0.1, -0.05) is 31.4 Å². The number of Topliss-reactive ketones (excluding diaryl/α,β-unsaturated/α-hetero) is 1. The zero-order valence-corrected chi connectivity index (χ0v) is 12.4. The highest BCUT2D eigenvalue weighted by atomic mass is 35.5. The molecule has 1 aliphatic heterocycles. The SMILES string of the molecule is CCC1CCCCCN1CC(=O)c1ccc(Cl)s1. The van der Waals surface area contributed by atoms with Gasteiger partial charge in [-0.15, -0.1) is 11.3 Å². The second-order valence-electron chi connectivity index (χ2n) is 4.91. The average molecular weight is 286 g/mol. The summed E-state index contributed by atoms with van der Waals surface area (Å²) >= 11 is 7.27. The first-order chi connectivity index (χ1) is 8.70. The van der Waals surface area contributed by atoms with E-state index in [2.05, 4.69) is 11.8 Å². The lowest BCUT2D eigenvalue weighted by atomic mass is 10.1. The summed E-state index contributed by atoms with van der Waals surface area (Å²) in [6.07, 6.45) is 6.18. The molecule has 100 valence electrons. The van der Waals surface area contributed by atoms with Crippen LogP contribution in [0.3, 0.4) is 0 Å². The fourth-order valence-corrected chi connectivity index (χ4v) is 3.61. The van der Waals surface area contributed by atoms with E-state index in [-0.39, 0.29) is 5.78 Å². The number of halogens is 1. The lowest BCUT2D eigenvalue weighted by Crippen LogP contribution is -2.38. The fourth-order valence-electron chi connectivity index (χ4n) is 2.63. The topological polar surface area (TPSA) is 20.3 Å². The van der Waals surface area contributed by atoms with Crippen LogP contribution in [0.25, 0.3) is 0 Å². The van der Waals surface area contributed by atoms with Crippen molar-refractivity contribution in [2.75, 3.05) is 13.1 Å². The van der Waals surface area contributed by atoms with Crippen molar-refractivity contribution in [2.24, 2.45) is 0 Å². The molecule has 1 aromatic rings. The van der Waals surface area contributed by atoms with Crippen LogP contribution in [0.1, 0.15) is 48.7 Å². The Morgan fingerprint density at radius 2 is 2.28 bits per heavy atom. The third-order valence-corrected chi connectivity index (χ3v) is 4.94. The number of hydrogen-bond acceptors (Lipinski definition) is 3. The number of hydrogen-bond donors (Lipinski definition) is 0. The molecule has 0 saturated carbocycles. The molecule has 0 spiro atoms. The molecule has 2 rings (SSSR count). The minimum Gasteiger partial charge on any atom is -0.293 e. The zero-order valence-electron chi connectivity index (χ0n) is 10.8. The smallest absolute Gasteiger partial charge is 0.186 e. The normalized spacial score (nSPS) is 21.8. The summed E-state index contributed by atoms with van der Waals surface area (Å²) in [5, 5.41) is 0. The fraction of sp³-hybridized carbons (Fsp3) is 0.643. The van der Waals surface area contributed by atoms with Crippen LogP contribution in [-0.4, -0.2) is 29.8 Å². The second-order valence-corrected chi connectivity index (χ2v) is 6.62. The van der Waals surface area contributed by atoms with Crippen LogP contribution >= 0.6 is 22.9 Å². The summed E-state index contributed by atoms with van der Waals surface area (Å²) in [5.41, 5.74) is 0. The molecule has 0 N–H and O–H groups in total. The summed E-state index contributed by atoms with van der Waals surface area (Å²) in [6.45, 7) is 3.83. The third kappa shape index (κ3) is 3.56. The van der Waals surface area contributed by atoms with Gasteiger partial charge in [0.05, 0.1) is 15.8 Å². The number of carbonyl (C=O) groups excluding carboxylic acids is 1. The van der Waals surface area contributed by atoms with Crippen LogP contribution in [0.2, 0.25) is 4.34 Å². The van der Waals surface area contributed by atoms with E-state index in [1.54, 1.807) is 6.07 Å². The van der Waals surface area contributed by atoms with Gasteiger partial charge in [-0.2, -0.15) is 0 Å². The van der Waals surface area contributed by atoms with Crippen LogP contribution in [-0.2, 0) is 0 Å². The number of rotatable bonds is 4. The van der Waals surface area contributed by atoms with Gasteiger partial charge in [0, 0.05) is 6.04 Å². The van der Waals surface area contributed by atoms with Crippen LogP contribution in [0.5, 0.6) is 0 Å². The first kappa shape index (κ1) is 14.0. The van der Waals surface area contributed by atoms with Gasteiger partial charge in [0.15, 0.2) is 5.78 Å². The predicted octanol–water partition coefficient (Wildman–Crippen LogP) is 4.24. The zero-order chi connectivity index (χ0) is 13.0. The molecule has 1 saturated heterocycles. The average Bonchev–Trinajstić information content (AvgIpc) is 2.67. The molecule has 1 fully saturated rings. The van der Waals surface area contributed by atoms with E-state index in [1.165, 1.54) is 37.0 Å². The van der Waals surface area contributed by atoms with E-state index >= 15 is 0 Å². The van der Waals surface area contributed by atoms with Crippen molar-refractivity contribution in [3.63, 3.8) is 0 Å². The predicted molar refractivity (Wildman–Crippen MR) is 77.8 cm³/mol. The van der Waals surface area contributed by atoms with E-state index in [1.807, 2.05) is 6.07 Å². The number of ketones is 1. The van der Waals surface area contributed by atoms with Gasteiger partial charge in [-0.05, 0) is 37.9 Å². The Morgan fingerprint density at radius 1 is 1.44 bits per heavy atom. The summed E-state index contributed by atoms with van der Waals surface area (Å²) in [7, 11) is 0. The third-order valence-electron chi connectivity index (χ3n) is 3.67. The van der Waals surface area contributed by atoms with E-state index in [0.29, 0.717) is 16.9 Å². The van der Waals surface area contributed by atoms with Gasteiger partial charge >= 0.3 is 0 Å². The molecule has 0 amide bonds. The van der Waals surface area contributed by atoms with E-state index < -0.39 is 0 Å². The molecule has 2 nitrogen and oxygen atoms in total. The molecule has 4 heteroatoms. The van der Waals surface area contributed by atoms with Crippen molar-refractivity contribution in [1.29, 1.82) is 0 Å². The number of carbonyl (C=O) groups is 1. The Hall–Kier alpha value is -0.380. The second kappa shape index (κ2) is 6.69. The number of nitrogens with zero attached hydrogens (tertiary/aromatic N) is 1. The van der Waals surface area contributed by atoms with Crippen LogP contribution in [0, 0.1) is 0 Å². The summed E-state index contributed by atoms with van der Waals surface area (Å²) in [4.78, 5) is 15.4. The monoisotopic (exact) mass is 285 g/mol. The highest BCUT2D eigenvalue weighted by molar-refractivity contribution is 7.18. The van der Waals surface area contributed by atoms with Crippen molar-refractivity contribution in [3.8, 4) is 0 Å². The Kier molecular flexibility index (Phi) is 5.22. The molecule has 1 aliphatic rings. The molecule has 0 bridgehead atoms. The maximum atomic E-state index is 12.2. The van der Waals surface area contributed by atoms with Crippen LogP contribution in [0.15, 0.2) is 12.1 Å². The number of likely N-dealkylation sites (tertiary alicyclic amines) is 1. The molecule has 0 radical (unpaired) electrons. The van der Waals surface area contributed by atoms with Gasteiger partial charge in [0.1, 0.15) is 0 Å². The quantitative estimate of drug-likeness (QED) is 0.771. The van der Waals surface area contributed by atoms with Gasteiger partial charge in [0.2, 0.25) is 0 Å². The first-order valence-corrected chi connectivity index (χ1v) is 7.92. The minimum atomic E-state index is 0.215. The molecule has 1 atom stereocenters. The van der Waals surface area contributed by atoms with Crippen LogP contribution in [0.4, 0.5) is 0 Å². The molecular formula is C14H20ClNOS.